The van der Waals surface area contributed by atoms with Crippen LogP contribution in [0, 0.1) is 35.7 Å². The third-order valence-corrected chi connectivity index (χ3v) is 3.51. The first-order valence-corrected chi connectivity index (χ1v) is 7.03. The third-order valence-electron chi connectivity index (χ3n) is 3.51. The Morgan fingerprint density at radius 3 is 2.74 bits per heavy atom. The zero-order chi connectivity index (χ0) is 17.1. The molecule has 1 atom stereocenters. The van der Waals surface area contributed by atoms with Gasteiger partial charge in [0.1, 0.15) is 5.82 Å². The van der Waals surface area contributed by atoms with Crippen molar-refractivity contribution in [3.63, 3.8) is 0 Å². The minimum absolute atomic E-state index is 0.194. The quantitative estimate of drug-likeness (QED) is 0.677. The lowest BCUT2D eigenvalue weighted by Crippen LogP contribution is -2.25. The summed E-state index contributed by atoms with van der Waals surface area (Å²) in [5.41, 5.74) is 1.75. The van der Waals surface area contributed by atoms with Gasteiger partial charge in [0.05, 0.1) is 29.3 Å². The van der Waals surface area contributed by atoms with Crippen LogP contribution in [0.25, 0.3) is 0 Å². The summed E-state index contributed by atoms with van der Waals surface area (Å²) in [6.07, 6.45) is 0. The number of nitrogens with one attached hydrogen (secondary N) is 1. The molecule has 1 heterocycles. The van der Waals surface area contributed by atoms with Crippen LogP contribution in [0.2, 0.25) is 0 Å². The van der Waals surface area contributed by atoms with E-state index >= 15 is 0 Å². The standard InChI is InChI=1S/C15H17FN4O3/c1-9-4-5-12(16)7-13(9)17-15(21)10(2)8-19-11(3)6-14(18-19)20(22)23/h4-7,10H,8H2,1-3H3,(H,17,21)/t10-/m1/s1. The Kier molecular flexibility index (Phi) is 4.73. The molecule has 1 amide bonds. The van der Waals surface area contributed by atoms with E-state index in [4.69, 9.17) is 0 Å². The van der Waals surface area contributed by atoms with E-state index in [0.29, 0.717) is 11.4 Å². The number of rotatable bonds is 5. The predicted molar refractivity (Wildman–Crippen MR) is 82.5 cm³/mol. The second-order valence-electron chi connectivity index (χ2n) is 5.43. The summed E-state index contributed by atoms with van der Waals surface area (Å²) in [5.74, 6) is -1.49. The lowest BCUT2D eigenvalue weighted by Gasteiger charge is -2.13. The molecule has 122 valence electrons. The van der Waals surface area contributed by atoms with Crippen LogP contribution in [-0.4, -0.2) is 20.6 Å². The number of anilines is 1. The number of amides is 1. The van der Waals surface area contributed by atoms with Crippen molar-refractivity contribution in [1.82, 2.24) is 9.78 Å². The second kappa shape index (κ2) is 6.55. The largest absolute Gasteiger partial charge is 0.390 e. The molecule has 0 saturated heterocycles. The lowest BCUT2D eigenvalue weighted by molar-refractivity contribution is -0.389. The monoisotopic (exact) mass is 320 g/mol. The number of carbonyl (C=O) groups excluding carboxylic acids is 1. The van der Waals surface area contributed by atoms with Crippen molar-refractivity contribution >= 4 is 17.4 Å². The Balaban J connectivity index is 2.08. The zero-order valence-electron chi connectivity index (χ0n) is 13.0. The number of carbonyl (C=O) groups is 1. The van der Waals surface area contributed by atoms with E-state index in [9.17, 15) is 19.3 Å². The molecule has 2 aromatic rings. The summed E-state index contributed by atoms with van der Waals surface area (Å²) in [5, 5.41) is 17.2. The Bertz CT molecular complexity index is 757. The van der Waals surface area contributed by atoms with Crippen molar-refractivity contribution < 1.29 is 14.1 Å². The SMILES string of the molecule is Cc1ccc(F)cc1NC(=O)[C@H](C)Cn1nc([N+](=O)[O-])cc1C. The highest BCUT2D eigenvalue weighted by atomic mass is 19.1. The predicted octanol–water partition coefficient (Wildman–Crippen LogP) is 2.82. The van der Waals surface area contributed by atoms with Crippen molar-refractivity contribution in [3.8, 4) is 0 Å². The lowest BCUT2D eigenvalue weighted by atomic mass is 10.1. The summed E-state index contributed by atoms with van der Waals surface area (Å²) < 4.78 is 14.7. The first-order chi connectivity index (χ1) is 10.8. The van der Waals surface area contributed by atoms with Gasteiger partial charge < -0.3 is 15.4 Å². The maximum absolute atomic E-state index is 13.2. The van der Waals surface area contributed by atoms with Gasteiger partial charge in [-0.3, -0.25) is 4.79 Å². The maximum Gasteiger partial charge on any atom is 0.390 e. The highest BCUT2D eigenvalue weighted by Gasteiger charge is 2.21. The molecule has 0 aliphatic heterocycles. The zero-order valence-corrected chi connectivity index (χ0v) is 13.0. The molecular weight excluding hydrogens is 303 g/mol. The molecule has 0 fully saturated rings. The van der Waals surface area contributed by atoms with Crippen LogP contribution in [0.4, 0.5) is 15.9 Å². The molecule has 0 saturated carbocycles. The van der Waals surface area contributed by atoms with E-state index in [1.165, 1.54) is 22.9 Å². The van der Waals surface area contributed by atoms with Crippen LogP contribution in [0.1, 0.15) is 18.2 Å². The maximum atomic E-state index is 13.2. The minimum atomic E-state index is -0.579. The first kappa shape index (κ1) is 16.6. The van der Waals surface area contributed by atoms with Crippen molar-refractivity contribution in [2.75, 3.05) is 5.32 Å². The highest BCUT2D eigenvalue weighted by Crippen LogP contribution is 2.18. The van der Waals surface area contributed by atoms with E-state index in [-0.39, 0.29) is 18.3 Å². The molecule has 0 spiro atoms. The molecule has 2 rings (SSSR count). The van der Waals surface area contributed by atoms with Gasteiger partial charge in [0.25, 0.3) is 0 Å². The summed E-state index contributed by atoms with van der Waals surface area (Å²) in [7, 11) is 0. The van der Waals surface area contributed by atoms with Crippen LogP contribution >= 0.6 is 0 Å². The fourth-order valence-corrected chi connectivity index (χ4v) is 2.09. The van der Waals surface area contributed by atoms with Gasteiger partial charge in [0.15, 0.2) is 0 Å². The molecule has 7 nitrogen and oxygen atoms in total. The van der Waals surface area contributed by atoms with Gasteiger partial charge in [-0.2, -0.15) is 4.68 Å². The normalized spacial score (nSPS) is 12.0. The molecule has 0 aliphatic carbocycles. The summed E-state index contributed by atoms with van der Waals surface area (Å²) in [6.45, 7) is 5.32. The fraction of sp³-hybridized carbons (Fsp3) is 0.333. The molecular formula is C15H17FN4O3. The highest BCUT2D eigenvalue weighted by molar-refractivity contribution is 5.92. The molecule has 23 heavy (non-hydrogen) atoms. The van der Waals surface area contributed by atoms with E-state index in [2.05, 4.69) is 10.4 Å². The van der Waals surface area contributed by atoms with Gasteiger partial charge >= 0.3 is 5.82 Å². The Morgan fingerprint density at radius 1 is 1.43 bits per heavy atom. The molecule has 1 aromatic carbocycles. The van der Waals surface area contributed by atoms with Crippen LogP contribution < -0.4 is 5.32 Å². The van der Waals surface area contributed by atoms with Gasteiger partial charge in [-0.1, -0.05) is 13.0 Å². The molecule has 8 heteroatoms. The molecule has 1 aromatic heterocycles. The number of benzene rings is 1. The van der Waals surface area contributed by atoms with Gasteiger partial charge in [0.2, 0.25) is 5.91 Å². The molecule has 0 bridgehead atoms. The number of nitro groups is 1. The summed E-state index contributed by atoms with van der Waals surface area (Å²) in [4.78, 5) is 22.4. The summed E-state index contributed by atoms with van der Waals surface area (Å²) >= 11 is 0. The average Bonchev–Trinajstić information content (AvgIpc) is 2.84. The second-order valence-corrected chi connectivity index (χ2v) is 5.43. The Hall–Kier alpha value is -2.77. The Labute approximate surface area is 132 Å². The minimum Gasteiger partial charge on any atom is -0.358 e. The summed E-state index contributed by atoms with van der Waals surface area (Å²) in [6, 6.07) is 5.50. The average molecular weight is 320 g/mol. The number of aromatic nitrogens is 2. The van der Waals surface area contributed by atoms with Gasteiger partial charge in [0, 0.05) is 5.69 Å². The molecule has 0 unspecified atom stereocenters. The number of halogens is 1. The molecule has 0 aliphatic rings. The van der Waals surface area contributed by atoms with E-state index in [1.807, 2.05) is 0 Å². The van der Waals surface area contributed by atoms with Crippen LogP contribution in [0.5, 0.6) is 0 Å². The number of aryl methyl sites for hydroxylation is 2. The van der Waals surface area contributed by atoms with E-state index in [1.54, 1.807) is 26.8 Å². The van der Waals surface area contributed by atoms with Crippen molar-refractivity contribution in [3.05, 3.63) is 51.5 Å². The van der Waals surface area contributed by atoms with Crippen LogP contribution in [0.3, 0.4) is 0 Å². The molecule has 0 radical (unpaired) electrons. The van der Waals surface area contributed by atoms with Crippen molar-refractivity contribution in [1.29, 1.82) is 0 Å². The third kappa shape index (κ3) is 3.91. The first-order valence-electron chi connectivity index (χ1n) is 7.03. The van der Waals surface area contributed by atoms with Crippen molar-refractivity contribution in [2.45, 2.75) is 27.3 Å². The van der Waals surface area contributed by atoms with E-state index in [0.717, 1.165) is 5.56 Å². The topological polar surface area (TPSA) is 90.1 Å². The van der Waals surface area contributed by atoms with Gasteiger partial charge in [-0.05, 0) is 36.5 Å². The Morgan fingerprint density at radius 2 is 2.13 bits per heavy atom. The number of nitrogens with zero attached hydrogens (tertiary/aromatic N) is 3. The number of hydrogen-bond acceptors (Lipinski definition) is 4. The molecule has 1 N–H and O–H groups in total. The smallest absolute Gasteiger partial charge is 0.358 e. The van der Waals surface area contributed by atoms with Gasteiger partial charge in [-0.15, -0.1) is 0 Å². The van der Waals surface area contributed by atoms with Gasteiger partial charge in [-0.25, -0.2) is 4.39 Å². The van der Waals surface area contributed by atoms with Crippen LogP contribution in [-0.2, 0) is 11.3 Å². The van der Waals surface area contributed by atoms with E-state index < -0.39 is 16.7 Å². The van der Waals surface area contributed by atoms with Crippen LogP contribution in [0.15, 0.2) is 24.3 Å². The fourth-order valence-electron chi connectivity index (χ4n) is 2.09. The van der Waals surface area contributed by atoms with Crippen molar-refractivity contribution in [2.24, 2.45) is 5.92 Å². The number of hydrogen-bond donors (Lipinski definition) is 1.